The molecule has 1 aromatic heterocycles. The van der Waals surface area contributed by atoms with Gasteiger partial charge in [0.2, 0.25) is 0 Å². The molecule has 1 aliphatic rings. The molecule has 1 aliphatic heterocycles. The molecule has 0 fully saturated rings. The number of aryl methyl sites for hydroxylation is 1. The Labute approximate surface area is 137 Å². The Morgan fingerprint density at radius 2 is 1.92 bits per heavy atom. The van der Waals surface area contributed by atoms with E-state index >= 15 is 0 Å². The van der Waals surface area contributed by atoms with Crippen LogP contribution in [0.5, 0.6) is 17.2 Å². The van der Waals surface area contributed by atoms with E-state index in [1.54, 1.807) is 13.0 Å². The van der Waals surface area contributed by atoms with E-state index in [-0.39, 0.29) is 29.1 Å². The van der Waals surface area contributed by atoms with Crippen molar-refractivity contribution in [1.82, 2.24) is 0 Å². The maximum atomic E-state index is 12.4. The average Bonchev–Trinajstić information content (AvgIpc) is 2.58. The van der Waals surface area contributed by atoms with E-state index in [4.69, 9.17) is 23.4 Å². The third-order valence-corrected chi connectivity index (χ3v) is 3.79. The van der Waals surface area contributed by atoms with Crippen molar-refractivity contribution in [2.45, 2.75) is 13.5 Å². The lowest BCUT2D eigenvalue weighted by molar-refractivity contribution is 0.0596. The molecule has 0 saturated carbocycles. The van der Waals surface area contributed by atoms with E-state index in [2.05, 4.69) is 0 Å². The topological polar surface area (TPSA) is 84.2 Å². The van der Waals surface area contributed by atoms with Gasteiger partial charge in [0.25, 0.3) is 0 Å². The van der Waals surface area contributed by atoms with Crippen molar-refractivity contribution in [2.75, 3.05) is 21.3 Å². The second kappa shape index (κ2) is 5.92. The van der Waals surface area contributed by atoms with Gasteiger partial charge in [-0.2, -0.15) is 0 Å². The van der Waals surface area contributed by atoms with Crippen LogP contribution in [0.3, 0.4) is 0 Å². The second-order valence-electron chi connectivity index (χ2n) is 5.17. The molecular weight excluding hydrogens is 316 g/mol. The molecule has 0 N–H and O–H groups in total. The Kier molecular flexibility index (Phi) is 3.92. The lowest BCUT2D eigenvalue weighted by Crippen LogP contribution is -2.19. The van der Waals surface area contributed by atoms with Crippen molar-refractivity contribution in [2.24, 2.45) is 0 Å². The number of hydrogen-bond donors (Lipinski definition) is 0. The molecule has 0 unspecified atom stereocenters. The number of carbonyl (C=O) groups is 1. The summed E-state index contributed by atoms with van der Waals surface area (Å²) in [5.41, 5.74) is 0.529. The van der Waals surface area contributed by atoms with E-state index in [0.29, 0.717) is 28.4 Å². The van der Waals surface area contributed by atoms with Gasteiger partial charge < -0.3 is 23.4 Å². The van der Waals surface area contributed by atoms with Crippen molar-refractivity contribution >= 4 is 5.97 Å². The van der Waals surface area contributed by atoms with E-state index in [0.717, 1.165) is 0 Å². The standard InChI is InChI=1S/C17H16O7/c1-8-5-10(18)9-7-23-11-6-12(20-2)16(21-3)14(17(19)22-4)13(11)15(9)24-8/h5-6H,7H2,1-4H3. The molecule has 0 atom stereocenters. The van der Waals surface area contributed by atoms with Crippen molar-refractivity contribution < 1.29 is 28.2 Å². The molecule has 0 saturated heterocycles. The highest BCUT2D eigenvalue weighted by atomic mass is 16.5. The minimum atomic E-state index is -0.650. The maximum absolute atomic E-state index is 12.4. The molecule has 0 spiro atoms. The Hall–Kier alpha value is -2.96. The predicted molar refractivity (Wildman–Crippen MR) is 83.9 cm³/mol. The Bertz CT molecular complexity index is 879. The largest absolute Gasteiger partial charge is 0.493 e. The molecule has 0 amide bonds. The molecule has 2 heterocycles. The van der Waals surface area contributed by atoms with Crippen molar-refractivity contribution in [3.8, 4) is 28.6 Å². The number of methoxy groups -OCH3 is 3. The Morgan fingerprint density at radius 3 is 2.54 bits per heavy atom. The zero-order valence-corrected chi connectivity index (χ0v) is 13.7. The summed E-state index contributed by atoms with van der Waals surface area (Å²) in [5, 5.41) is 0. The SMILES string of the molecule is COC(=O)c1c(OC)c(OC)cc2c1-c1oc(C)cc(=O)c1CO2. The molecular formula is C17H16O7. The van der Waals surface area contributed by atoms with Crippen LogP contribution >= 0.6 is 0 Å². The van der Waals surface area contributed by atoms with E-state index in [1.165, 1.54) is 27.4 Å². The number of rotatable bonds is 3. The quantitative estimate of drug-likeness (QED) is 0.797. The van der Waals surface area contributed by atoms with E-state index < -0.39 is 5.97 Å². The van der Waals surface area contributed by atoms with Crippen LogP contribution in [0.15, 0.2) is 21.3 Å². The molecule has 1 aromatic carbocycles. The van der Waals surface area contributed by atoms with Gasteiger partial charge in [0, 0.05) is 12.1 Å². The van der Waals surface area contributed by atoms with Crippen molar-refractivity contribution in [3.63, 3.8) is 0 Å². The fourth-order valence-electron chi connectivity index (χ4n) is 2.73. The first-order chi connectivity index (χ1) is 11.5. The molecule has 2 aromatic rings. The molecule has 0 bridgehead atoms. The van der Waals surface area contributed by atoms with Gasteiger partial charge in [0.1, 0.15) is 29.4 Å². The molecule has 7 heteroatoms. The number of carbonyl (C=O) groups excluding carboxylic acids is 1. The summed E-state index contributed by atoms with van der Waals surface area (Å²) in [4.78, 5) is 24.6. The number of esters is 1. The van der Waals surface area contributed by atoms with Crippen LogP contribution < -0.4 is 19.6 Å². The number of ether oxygens (including phenoxy) is 4. The zero-order chi connectivity index (χ0) is 17.4. The minimum Gasteiger partial charge on any atom is -0.493 e. The van der Waals surface area contributed by atoms with Gasteiger partial charge in [-0.05, 0) is 6.92 Å². The van der Waals surface area contributed by atoms with Crippen LogP contribution in [-0.2, 0) is 11.3 Å². The van der Waals surface area contributed by atoms with Gasteiger partial charge in [-0.1, -0.05) is 0 Å². The maximum Gasteiger partial charge on any atom is 0.342 e. The van der Waals surface area contributed by atoms with Gasteiger partial charge in [0.15, 0.2) is 16.9 Å². The molecule has 0 radical (unpaired) electrons. The first kappa shape index (κ1) is 15.9. The van der Waals surface area contributed by atoms with Gasteiger partial charge in [-0.25, -0.2) is 4.79 Å². The summed E-state index contributed by atoms with van der Waals surface area (Å²) in [7, 11) is 4.12. The summed E-state index contributed by atoms with van der Waals surface area (Å²) in [6.45, 7) is 1.70. The van der Waals surface area contributed by atoms with Crippen LogP contribution in [0, 0.1) is 6.92 Å². The molecule has 3 rings (SSSR count). The fraction of sp³-hybridized carbons (Fsp3) is 0.294. The Morgan fingerprint density at radius 1 is 1.17 bits per heavy atom. The highest BCUT2D eigenvalue weighted by molar-refractivity contribution is 6.03. The number of hydrogen-bond acceptors (Lipinski definition) is 7. The molecule has 24 heavy (non-hydrogen) atoms. The van der Waals surface area contributed by atoms with Crippen LogP contribution in [-0.4, -0.2) is 27.3 Å². The van der Waals surface area contributed by atoms with E-state index in [9.17, 15) is 9.59 Å². The smallest absolute Gasteiger partial charge is 0.342 e. The highest BCUT2D eigenvalue weighted by Gasteiger charge is 2.33. The summed E-state index contributed by atoms with van der Waals surface area (Å²) < 4.78 is 26.8. The third-order valence-electron chi connectivity index (χ3n) is 3.79. The third kappa shape index (κ3) is 2.29. The average molecular weight is 332 g/mol. The van der Waals surface area contributed by atoms with Crippen molar-refractivity contribution in [3.05, 3.63) is 39.2 Å². The minimum absolute atomic E-state index is 0.0427. The summed E-state index contributed by atoms with van der Waals surface area (Å²) in [5.74, 6) is 0.913. The van der Waals surface area contributed by atoms with Crippen LogP contribution in [0.2, 0.25) is 0 Å². The lowest BCUT2D eigenvalue weighted by Gasteiger charge is -2.23. The van der Waals surface area contributed by atoms with Crippen LogP contribution in [0.4, 0.5) is 0 Å². The molecule has 126 valence electrons. The summed E-state index contributed by atoms with van der Waals surface area (Å²) in [6, 6.07) is 2.97. The highest BCUT2D eigenvalue weighted by Crippen LogP contribution is 2.47. The van der Waals surface area contributed by atoms with Gasteiger partial charge in [0.05, 0.1) is 32.5 Å². The van der Waals surface area contributed by atoms with Crippen LogP contribution in [0.1, 0.15) is 21.7 Å². The van der Waals surface area contributed by atoms with Gasteiger partial charge in [-0.3, -0.25) is 4.79 Å². The van der Waals surface area contributed by atoms with Gasteiger partial charge >= 0.3 is 5.97 Å². The van der Waals surface area contributed by atoms with Crippen LogP contribution in [0.25, 0.3) is 11.3 Å². The van der Waals surface area contributed by atoms with Crippen molar-refractivity contribution in [1.29, 1.82) is 0 Å². The number of benzene rings is 1. The summed E-state index contributed by atoms with van der Waals surface area (Å²) in [6.07, 6.45) is 0. The monoisotopic (exact) mass is 332 g/mol. The first-order valence-electron chi connectivity index (χ1n) is 7.15. The summed E-state index contributed by atoms with van der Waals surface area (Å²) >= 11 is 0. The predicted octanol–water partition coefficient (Wildman–Crippen LogP) is 2.31. The fourth-order valence-corrected chi connectivity index (χ4v) is 2.73. The van der Waals surface area contributed by atoms with E-state index in [1.807, 2.05) is 0 Å². The number of fused-ring (bicyclic) bond motifs is 3. The zero-order valence-electron chi connectivity index (χ0n) is 13.7. The second-order valence-corrected chi connectivity index (χ2v) is 5.17. The molecule has 0 aliphatic carbocycles. The molecule has 7 nitrogen and oxygen atoms in total. The Balaban J connectivity index is 2.44. The normalized spacial score (nSPS) is 11.8. The van der Waals surface area contributed by atoms with Gasteiger partial charge in [-0.15, -0.1) is 0 Å². The first-order valence-corrected chi connectivity index (χ1v) is 7.15. The lowest BCUT2D eigenvalue weighted by atomic mass is 9.96.